The van der Waals surface area contributed by atoms with Crippen molar-refractivity contribution in [2.24, 2.45) is 11.3 Å². The van der Waals surface area contributed by atoms with Gasteiger partial charge in [-0.15, -0.1) is 5.48 Å². The van der Waals surface area contributed by atoms with Crippen LogP contribution in [0.15, 0.2) is 0 Å². The van der Waals surface area contributed by atoms with Crippen LogP contribution in [0.4, 0.5) is 0 Å². The third-order valence-electron chi connectivity index (χ3n) is 1.91. The molecule has 0 saturated carbocycles. The molecule has 0 aromatic rings. The lowest BCUT2D eigenvalue weighted by Crippen LogP contribution is -2.41. The van der Waals surface area contributed by atoms with Crippen LogP contribution >= 0.6 is 0 Å². The fraction of sp³-hybridized carbons (Fsp3) is 0.818. The van der Waals surface area contributed by atoms with Crippen LogP contribution in [-0.2, 0) is 14.4 Å². The Balaban J connectivity index is 4.23. The molecule has 2 N–H and O–H groups in total. The molecule has 0 aliphatic carbocycles. The number of aliphatic carboxylic acids is 1. The van der Waals surface area contributed by atoms with Crippen LogP contribution in [0.1, 0.15) is 41.0 Å². The molecule has 0 unspecified atom stereocenters. The lowest BCUT2D eigenvalue weighted by Gasteiger charge is -2.20. The van der Waals surface area contributed by atoms with Gasteiger partial charge in [-0.25, -0.2) is 4.79 Å². The molecule has 94 valence electrons. The minimum Gasteiger partial charge on any atom is -0.480 e. The Morgan fingerprint density at radius 3 is 2.12 bits per heavy atom. The second-order valence-electron chi connectivity index (χ2n) is 5.28. The number of carbonyl (C=O) groups excluding carboxylic acids is 1. The van der Waals surface area contributed by atoms with Crippen LogP contribution in [0.5, 0.6) is 0 Å². The number of hydrogen-bond acceptors (Lipinski definition) is 4. The van der Waals surface area contributed by atoms with Crippen molar-refractivity contribution in [3.05, 3.63) is 0 Å². The van der Waals surface area contributed by atoms with E-state index >= 15 is 0 Å². The fourth-order valence-electron chi connectivity index (χ4n) is 0.948. The lowest BCUT2D eigenvalue weighted by molar-refractivity contribution is -0.166. The first-order valence-electron chi connectivity index (χ1n) is 5.34. The monoisotopic (exact) mass is 231 g/mol. The quantitative estimate of drug-likeness (QED) is 0.702. The average Bonchev–Trinajstić information content (AvgIpc) is 2.08. The molecule has 0 amide bonds. The minimum absolute atomic E-state index is 0.210. The van der Waals surface area contributed by atoms with Gasteiger partial charge < -0.3 is 9.94 Å². The van der Waals surface area contributed by atoms with Crippen molar-refractivity contribution in [2.45, 2.75) is 47.1 Å². The number of hydroxylamine groups is 1. The minimum atomic E-state index is -1.02. The molecule has 16 heavy (non-hydrogen) atoms. The molecular formula is C11H21NO4. The molecule has 0 bridgehead atoms. The van der Waals surface area contributed by atoms with Gasteiger partial charge in [-0.05, 0) is 33.1 Å². The van der Waals surface area contributed by atoms with E-state index in [0.717, 1.165) is 0 Å². The molecule has 0 saturated heterocycles. The largest absolute Gasteiger partial charge is 0.480 e. The molecule has 1 atom stereocenters. The number of nitrogens with one attached hydrogen (secondary N) is 1. The van der Waals surface area contributed by atoms with Crippen molar-refractivity contribution in [1.29, 1.82) is 0 Å². The molecular weight excluding hydrogens is 210 g/mol. The smallest absolute Gasteiger partial charge is 0.330 e. The van der Waals surface area contributed by atoms with Gasteiger partial charge in [-0.2, -0.15) is 0 Å². The first-order valence-corrected chi connectivity index (χ1v) is 5.34. The Hall–Kier alpha value is -1.10. The van der Waals surface area contributed by atoms with Crippen molar-refractivity contribution in [2.75, 3.05) is 0 Å². The fourth-order valence-corrected chi connectivity index (χ4v) is 0.948. The summed E-state index contributed by atoms with van der Waals surface area (Å²) in [5.74, 6) is -1.28. The van der Waals surface area contributed by atoms with Gasteiger partial charge in [0.1, 0.15) is 6.04 Å². The SMILES string of the molecule is CC(C)C[C@H](NOC(=O)C(C)(C)C)C(=O)O. The van der Waals surface area contributed by atoms with Crippen molar-refractivity contribution >= 4 is 11.9 Å². The van der Waals surface area contributed by atoms with Crippen LogP contribution in [0.3, 0.4) is 0 Å². The van der Waals surface area contributed by atoms with Gasteiger partial charge >= 0.3 is 11.9 Å². The van der Waals surface area contributed by atoms with Crippen LogP contribution < -0.4 is 5.48 Å². The van der Waals surface area contributed by atoms with Crippen LogP contribution in [0.25, 0.3) is 0 Å². The number of carbonyl (C=O) groups is 2. The maximum Gasteiger partial charge on any atom is 0.330 e. The zero-order valence-corrected chi connectivity index (χ0v) is 10.5. The van der Waals surface area contributed by atoms with Gasteiger partial charge in [0.15, 0.2) is 0 Å². The van der Waals surface area contributed by atoms with Gasteiger partial charge in [0.25, 0.3) is 0 Å². The van der Waals surface area contributed by atoms with E-state index < -0.39 is 23.4 Å². The zero-order valence-electron chi connectivity index (χ0n) is 10.5. The maximum atomic E-state index is 11.4. The number of rotatable bonds is 5. The van der Waals surface area contributed by atoms with Crippen molar-refractivity contribution in [3.63, 3.8) is 0 Å². The molecule has 0 heterocycles. The van der Waals surface area contributed by atoms with E-state index in [4.69, 9.17) is 9.94 Å². The highest BCUT2D eigenvalue weighted by Gasteiger charge is 2.26. The summed E-state index contributed by atoms with van der Waals surface area (Å²) in [7, 11) is 0. The van der Waals surface area contributed by atoms with Crippen LogP contribution in [0, 0.1) is 11.3 Å². The summed E-state index contributed by atoms with van der Waals surface area (Å²) < 4.78 is 0. The van der Waals surface area contributed by atoms with Gasteiger partial charge in [0, 0.05) is 0 Å². The molecule has 0 rings (SSSR count). The van der Waals surface area contributed by atoms with Crippen molar-refractivity contribution in [3.8, 4) is 0 Å². The van der Waals surface area contributed by atoms with Crippen molar-refractivity contribution < 1.29 is 19.5 Å². The Kier molecular flexibility index (Phi) is 5.44. The normalized spacial score (nSPS) is 13.6. The summed E-state index contributed by atoms with van der Waals surface area (Å²) in [6.45, 7) is 8.92. The van der Waals surface area contributed by atoms with E-state index in [0.29, 0.717) is 6.42 Å². The molecule has 0 aromatic heterocycles. The molecule has 5 nitrogen and oxygen atoms in total. The first-order chi connectivity index (χ1) is 7.14. The topological polar surface area (TPSA) is 75.6 Å². The highest BCUT2D eigenvalue weighted by molar-refractivity contribution is 5.76. The molecule has 0 fully saturated rings. The predicted octanol–water partition coefficient (Wildman–Crippen LogP) is 1.58. The Morgan fingerprint density at radius 1 is 1.31 bits per heavy atom. The Bertz CT molecular complexity index is 255. The first kappa shape index (κ1) is 14.9. The third-order valence-corrected chi connectivity index (χ3v) is 1.91. The Morgan fingerprint density at radius 2 is 1.81 bits per heavy atom. The summed E-state index contributed by atoms with van der Waals surface area (Å²) >= 11 is 0. The van der Waals surface area contributed by atoms with E-state index in [9.17, 15) is 9.59 Å². The molecule has 0 radical (unpaired) electrons. The Labute approximate surface area is 96.1 Å². The molecule has 0 spiro atoms. The summed E-state index contributed by atoms with van der Waals surface area (Å²) in [5, 5.41) is 8.88. The lowest BCUT2D eigenvalue weighted by atomic mass is 9.98. The summed E-state index contributed by atoms with van der Waals surface area (Å²) in [6, 6.07) is -0.855. The van der Waals surface area contributed by atoms with E-state index in [-0.39, 0.29) is 5.92 Å². The van der Waals surface area contributed by atoms with Gasteiger partial charge in [-0.1, -0.05) is 13.8 Å². The highest BCUT2D eigenvalue weighted by Crippen LogP contribution is 2.14. The molecule has 0 aromatic carbocycles. The van der Waals surface area contributed by atoms with Crippen LogP contribution in [0.2, 0.25) is 0 Å². The van der Waals surface area contributed by atoms with E-state index in [1.54, 1.807) is 20.8 Å². The average molecular weight is 231 g/mol. The summed E-state index contributed by atoms with van der Waals surface area (Å²) in [5.41, 5.74) is 1.66. The van der Waals surface area contributed by atoms with Gasteiger partial charge in [-0.3, -0.25) is 4.79 Å². The second-order valence-corrected chi connectivity index (χ2v) is 5.28. The molecule has 0 aliphatic heterocycles. The molecule has 5 heteroatoms. The number of hydrogen-bond donors (Lipinski definition) is 2. The maximum absolute atomic E-state index is 11.4. The molecule has 0 aliphatic rings. The standard InChI is InChI=1S/C11H21NO4/c1-7(2)6-8(9(13)14)12-16-10(15)11(3,4)5/h7-8,12H,6H2,1-5H3,(H,13,14)/t8-/m0/s1. The van der Waals surface area contributed by atoms with Crippen LogP contribution in [-0.4, -0.2) is 23.1 Å². The predicted molar refractivity (Wildman–Crippen MR) is 59.6 cm³/mol. The van der Waals surface area contributed by atoms with Gasteiger partial charge in [0.2, 0.25) is 0 Å². The van der Waals surface area contributed by atoms with E-state index in [1.165, 1.54) is 0 Å². The summed E-state index contributed by atoms with van der Waals surface area (Å²) in [6.07, 6.45) is 0.409. The third kappa shape index (κ3) is 5.70. The van der Waals surface area contributed by atoms with E-state index in [2.05, 4.69) is 5.48 Å². The highest BCUT2D eigenvalue weighted by atomic mass is 16.7. The number of carboxylic acids is 1. The van der Waals surface area contributed by atoms with Gasteiger partial charge in [0.05, 0.1) is 5.41 Å². The van der Waals surface area contributed by atoms with E-state index in [1.807, 2.05) is 13.8 Å². The number of carboxylic acid groups (broad SMARTS) is 1. The zero-order chi connectivity index (χ0) is 12.9. The second kappa shape index (κ2) is 5.84. The van der Waals surface area contributed by atoms with Crippen molar-refractivity contribution in [1.82, 2.24) is 5.48 Å². The summed E-state index contributed by atoms with van der Waals surface area (Å²) in [4.78, 5) is 27.0.